The first-order valence-corrected chi connectivity index (χ1v) is 4.65. The predicted octanol–water partition coefficient (Wildman–Crippen LogP) is 2.03. The summed E-state index contributed by atoms with van der Waals surface area (Å²) in [5.41, 5.74) is 4.06. The largest absolute Gasteiger partial charge is 0.265 e. The maximum Gasteiger partial charge on any atom is 0.113 e. The molecule has 0 atom stereocenters. The van der Waals surface area contributed by atoms with Gasteiger partial charge in [0, 0.05) is 12.4 Å². The number of benzene rings is 1. The fourth-order valence-corrected chi connectivity index (χ4v) is 1.58. The second-order valence-corrected chi connectivity index (χ2v) is 3.28. The maximum atomic E-state index is 4.06. The number of allylic oxidation sites excluding steroid dienone is 1. The Morgan fingerprint density at radius 2 is 2.00 bits per heavy atom. The van der Waals surface area contributed by atoms with E-state index in [0.29, 0.717) is 0 Å². The van der Waals surface area contributed by atoms with Crippen LogP contribution in [0.5, 0.6) is 0 Å². The van der Waals surface area contributed by atoms with Crippen molar-refractivity contribution in [3.63, 3.8) is 0 Å². The summed E-state index contributed by atoms with van der Waals surface area (Å²) >= 11 is 0. The molecule has 0 saturated carbocycles. The molecule has 2 heterocycles. The van der Waals surface area contributed by atoms with Crippen molar-refractivity contribution in [2.75, 3.05) is 0 Å². The standard InChI is InChI=1S/C11H8N4/c1-2-8-6-10-11(14-15-13-10)7-9(8)3-5-12-4-1/h1-7H,(H,13,14,15)/b2-1-,4-1?,5-3-,8-2?,9-3?,12-4-,12-5?. The number of rotatable bonds is 0. The van der Waals surface area contributed by atoms with Crippen molar-refractivity contribution in [3.8, 4) is 0 Å². The molecule has 2 aromatic rings. The normalized spacial score (nSPS) is 20.3. The van der Waals surface area contributed by atoms with E-state index in [9.17, 15) is 0 Å². The molecule has 0 bridgehead atoms. The quantitative estimate of drug-likeness (QED) is 0.700. The summed E-state index contributed by atoms with van der Waals surface area (Å²) in [6, 6.07) is 4.03. The van der Waals surface area contributed by atoms with Gasteiger partial charge in [0.25, 0.3) is 0 Å². The van der Waals surface area contributed by atoms with Gasteiger partial charge in [-0.15, -0.1) is 5.10 Å². The number of hydrogen-bond acceptors (Lipinski definition) is 3. The summed E-state index contributed by atoms with van der Waals surface area (Å²) in [5, 5.41) is 10.6. The van der Waals surface area contributed by atoms with Crippen molar-refractivity contribution in [2.24, 2.45) is 4.99 Å². The lowest BCUT2D eigenvalue weighted by Gasteiger charge is -2.01. The van der Waals surface area contributed by atoms with Crippen molar-refractivity contribution in [2.45, 2.75) is 0 Å². The van der Waals surface area contributed by atoms with Crippen LogP contribution in [-0.4, -0.2) is 21.6 Å². The number of hydrogen-bond donors (Lipinski definition) is 1. The van der Waals surface area contributed by atoms with Gasteiger partial charge in [-0.2, -0.15) is 0 Å². The van der Waals surface area contributed by atoms with Crippen LogP contribution < -0.4 is 0 Å². The van der Waals surface area contributed by atoms with Crippen molar-refractivity contribution < 1.29 is 0 Å². The number of nitrogens with one attached hydrogen (secondary N) is 1. The van der Waals surface area contributed by atoms with Crippen molar-refractivity contribution >= 4 is 29.4 Å². The third kappa shape index (κ3) is 1.36. The number of fused-ring (bicyclic) bond motifs is 2. The van der Waals surface area contributed by atoms with Gasteiger partial charge in [-0.05, 0) is 35.4 Å². The van der Waals surface area contributed by atoms with Crippen LogP contribution in [0.3, 0.4) is 0 Å². The minimum absolute atomic E-state index is 0.872. The number of aliphatic imine (C=N–C) groups is 1. The van der Waals surface area contributed by atoms with Gasteiger partial charge < -0.3 is 0 Å². The van der Waals surface area contributed by atoms with E-state index in [-0.39, 0.29) is 0 Å². The fraction of sp³-hybridized carbons (Fsp3) is 0. The number of H-pyrrole nitrogens is 1. The molecule has 1 aromatic heterocycles. The summed E-state index contributed by atoms with van der Waals surface area (Å²) in [6.45, 7) is 0. The van der Waals surface area contributed by atoms with E-state index in [1.165, 1.54) is 0 Å². The van der Waals surface area contributed by atoms with E-state index < -0.39 is 0 Å². The molecule has 0 fully saturated rings. The zero-order chi connectivity index (χ0) is 10.1. The highest BCUT2D eigenvalue weighted by atomic mass is 15.3. The lowest BCUT2D eigenvalue weighted by molar-refractivity contribution is 0.959. The SMILES string of the molecule is C1=C/c2cc3[nH]nnc3cc2\C=C/N=C\1. The number of aromatic nitrogens is 3. The van der Waals surface area contributed by atoms with Crippen LogP contribution in [0.2, 0.25) is 0 Å². The molecule has 0 aliphatic carbocycles. The highest BCUT2D eigenvalue weighted by molar-refractivity contribution is 5.87. The summed E-state index contributed by atoms with van der Waals surface area (Å²) < 4.78 is 0. The molecule has 0 spiro atoms. The van der Waals surface area contributed by atoms with E-state index >= 15 is 0 Å². The first kappa shape index (κ1) is 8.11. The van der Waals surface area contributed by atoms with Crippen molar-refractivity contribution in [3.05, 3.63) is 35.5 Å². The molecule has 72 valence electrons. The smallest absolute Gasteiger partial charge is 0.113 e. The van der Waals surface area contributed by atoms with Gasteiger partial charge in [-0.3, -0.25) is 10.1 Å². The number of nitrogens with zero attached hydrogens (tertiary/aromatic N) is 3. The molecule has 1 N–H and O–H groups in total. The zero-order valence-corrected chi connectivity index (χ0v) is 7.88. The molecular formula is C11H8N4. The Balaban J connectivity index is 2.31. The molecule has 4 heteroatoms. The minimum Gasteiger partial charge on any atom is -0.265 e. The first-order chi connectivity index (χ1) is 7.43. The topological polar surface area (TPSA) is 53.9 Å². The maximum absolute atomic E-state index is 4.06. The Labute approximate surface area is 86.0 Å². The van der Waals surface area contributed by atoms with Gasteiger partial charge in [0.05, 0.1) is 5.52 Å². The Hall–Kier alpha value is -2.23. The molecule has 1 aliphatic rings. The average Bonchev–Trinajstić information content (AvgIpc) is 2.64. The Kier molecular flexibility index (Phi) is 1.71. The summed E-state index contributed by atoms with van der Waals surface area (Å²) in [5.74, 6) is 0. The van der Waals surface area contributed by atoms with Crippen LogP contribution in [-0.2, 0) is 0 Å². The van der Waals surface area contributed by atoms with Crippen molar-refractivity contribution in [1.82, 2.24) is 15.4 Å². The molecule has 1 aliphatic heterocycles. The van der Waals surface area contributed by atoms with Crippen LogP contribution in [0.1, 0.15) is 11.1 Å². The summed E-state index contributed by atoms with van der Waals surface area (Å²) in [4.78, 5) is 4.06. The molecule has 0 amide bonds. The Morgan fingerprint density at radius 3 is 3.00 bits per heavy atom. The molecule has 0 radical (unpaired) electrons. The highest BCUT2D eigenvalue weighted by Gasteiger charge is 2.03. The Morgan fingerprint density at radius 1 is 1.07 bits per heavy atom. The van der Waals surface area contributed by atoms with E-state index in [1.54, 1.807) is 12.4 Å². The molecule has 0 unspecified atom stereocenters. The van der Waals surface area contributed by atoms with E-state index in [2.05, 4.69) is 20.4 Å². The minimum atomic E-state index is 0.872. The van der Waals surface area contributed by atoms with Gasteiger partial charge in [-0.1, -0.05) is 11.3 Å². The molecule has 15 heavy (non-hydrogen) atoms. The van der Waals surface area contributed by atoms with Crippen LogP contribution in [0.25, 0.3) is 23.2 Å². The second kappa shape index (κ2) is 3.16. The third-order valence-corrected chi connectivity index (χ3v) is 2.32. The fourth-order valence-electron chi connectivity index (χ4n) is 1.58. The van der Waals surface area contributed by atoms with Gasteiger partial charge in [0.2, 0.25) is 0 Å². The highest BCUT2D eigenvalue weighted by Crippen LogP contribution is 2.20. The lowest BCUT2D eigenvalue weighted by Crippen LogP contribution is -1.84. The average molecular weight is 196 g/mol. The summed E-state index contributed by atoms with van der Waals surface area (Å²) in [6.07, 6.45) is 9.42. The number of aromatic amines is 1. The third-order valence-electron chi connectivity index (χ3n) is 2.32. The monoisotopic (exact) mass is 196 g/mol. The van der Waals surface area contributed by atoms with Crippen LogP contribution in [0.15, 0.2) is 29.4 Å². The van der Waals surface area contributed by atoms with Crippen molar-refractivity contribution in [1.29, 1.82) is 0 Å². The van der Waals surface area contributed by atoms with Gasteiger partial charge in [0.15, 0.2) is 0 Å². The molecule has 0 saturated heterocycles. The van der Waals surface area contributed by atoms with E-state index in [0.717, 1.165) is 22.2 Å². The lowest BCUT2D eigenvalue weighted by atomic mass is 10.1. The van der Waals surface area contributed by atoms with Gasteiger partial charge in [0.1, 0.15) is 5.52 Å². The predicted molar refractivity (Wildman–Crippen MR) is 60.4 cm³/mol. The van der Waals surface area contributed by atoms with Crippen LogP contribution in [0.4, 0.5) is 0 Å². The summed E-state index contributed by atoms with van der Waals surface area (Å²) in [7, 11) is 0. The van der Waals surface area contributed by atoms with Gasteiger partial charge in [-0.25, -0.2) is 0 Å². The van der Waals surface area contributed by atoms with Crippen LogP contribution in [0, 0.1) is 0 Å². The Bertz CT molecular complexity index is 540. The van der Waals surface area contributed by atoms with E-state index in [1.807, 2.05) is 30.4 Å². The van der Waals surface area contributed by atoms with Gasteiger partial charge >= 0.3 is 0 Å². The molecular weight excluding hydrogens is 188 g/mol. The van der Waals surface area contributed by atoms with Crippen LogP contribution >= 0.6 is 0 Å². The zero-order valence-electron chi connectivity index (χ0n) is 7.88. The molecule has 3 rings (SSSR count). The van der Waals surface area contributed by atoms with E-state index in [4.69, 9.17) is 0 Å². The second-order valence-electron chi connectivity index (χ2n) is 3.28. The molecule has 1 aromatic carbocycles. The molecule has 4 nitrogen and oxygen atoms in total. The first-order valence-electron chi connectivity index (χ1n) is 4.65.